The molecule has 2 aromatic rings. The Morgan fingerprint density at radius 1 is 1.27 bits per heavy atom. The van der Waals surface area contributed by atoms with E-state index in [1.54, 1.807) is 6.07 Å². The van der Waals surface area contributed by atoms with Gasteiger partial charge in [0.2, 0.25) is 0 Å². The van der Waals surface area contributed by atoms with Crippen LogP contribution >= 0.6 is 0 Å². The number of hydrogen-bond acceptors (Lipinski definition) is 5. The molecule has 1 aromatic heterocycles. The Hall–Kier alpha value is -2.74. The molecule has 0 saturated carbocycles. The van der Waals surface area contributed by atoms with Gasteiger partial charge in [0.1, 0.15) is 23.8 Å². The van der Waals surface area contributed by atoms with E-state index in [0.717, 1.165) is 22.3 Å². The lowest BCUT2D eigenvalue weighted by molar-refractivity contribution is 0.0864. The average molecular weight is 361 g/mol. The van der Waals surface area contributed by atoms with Crippen molar-refractivity contribution in [2.45, 2.75) is 20.0 Å². The summed E-state index contributed by atoms with van der Waals surface area (Å²) in [4.78, 5) is 18.6. The van der Waals surface area contributed by atoms with Crippen LogP contribution in [0.3, 0.4) is 0 Å². The number of nitrogens with one attached hydrogen (secondary N) is 2. The summed E-state index contributed by atoms with van der Waals surface area (Å²) in [5, 5.41) is 8.19. The first-order valence-corrected chi connectivity index (χ1v) is 8.42. The third-order valence-corrected chi connectivity index (χ3v) is 3.74. The molecule has 1 amide bonds. The van der Waals surface area contributed by atoms with Crippen molar-refractivity contribution in [3.63, 3.8) is 0 Å². The zero-order chi connectivity index (χ0) is 19.4. The van der Waals surface area contributed by atoms with E-state index in [4.69, 9.17) is 20.6 Å². The number of likely N-dealkylation sites (N-methyl/N-ethyl adjacent to an activating group) is 1. The maximum absolute atomic E-state index is 12.4. The van der Waals surface area contributed by atoms with E-state index in [9.17, 15) is 4.79 Å². The fraction of sp³-hybridized carbons (Fsp3) is 0.444. The maximum atomic E-state index is 12.4. The van der Waals surface area contributed by atoms with Crippen LogP contribution in [0.25, 0.3) is 10.9 Å². The van der Waals surface area contributed by atoms with Crippen LogP contribution in [0.1, 0.15) is 24.3 Å². The normalized spacial score (nSPS) is 11.2. The minimum atomic E-state index is -0.390. The molecule has 0 radical (unpaired) electrons. The molecule has 1 heterocycles. The summed E-state index contributed by atoms with van der Waals surface area (Å²) in [6.07, 6.45) is -0.0239. The third-order valence-electron chi connectivity index (χ3n) is 3.74. The molecule has 0 atom stereocenters. The highest BCUT2D eigenvalue weighted by Gasteiger charge is 2.19. The molecule has 0 bridgehead atoms. The Morgan fingerprint density at radius 3 is 2.54 bits per heavy atom. The highest BCUT2D eigenvalue weighted by Crippen LogP contribution is 2.33. The molecule has 1 aromatic carbocycles. The van der Waals surface area contributed by atoms with Gasteiger partial charge in [-0.2, -0.15) is 0 Å². The quantitative estimate of drug-likeness (QED) is 0.515. The van der Waals surface area contributed by atoms with Gasteiger partial charge in [0, 0.05) is 31.1 Å². The van der Waals surface area contributed by atoms with Gasteiger partial charge in [0.05, 0.1) is 11.6 Å². The number of nitrogens with two attached hydrogens (primary N) is 1. The lowest BCUT2D eigenvalue weighted by Crippen LogP contribution is -2.38. The number of guanidine groups is 1. The van der Waals surface area contributed by atoms with Gasteiger partial charge in [-0.05, 0) is 34.0 Å². The lowest BCUT2D eigenvalue weighted by atomic mass is 10.2. The van der Waals surface area contributed by atoms with Gasteiger partial charge >= 0.3 is 0 Å². The van der Waals surface area contributed by atoms with E-state index >= 15 is 0 Å². The molecule has 0 aliphatic heterocycles. The van der Waals surface area contributed by atoms with Crippen molar-refractivity contribution >= 4 is 22.8 Å². The Labute approximate surface area is 153 Å². The largest absolute Gasteiger partial charge is 0.492 e. The zero-order valence-corrected chi connectivity index (χ0v) is 15.9. The average Bonchev–Trinajstić information content (AvgIpc) is 2.96. The number of H-pyrrole nitrogens is 1. The number of aromatic amines is 1. The van der Waals surface area contributed by atoms with E-state index in [2.05, 4.69) is 4.98 Å². The molecule has 0 saturated heterocycles. The SMILES string of the molecule is CC(C)Oc1cc(OCCN(C)C)cc2[nH]c(C(=O)N(C)C(=N)N)cc12. The van der Waals surface area contributed by atoms with Crippen LogP contribution in [0.15, 0.2) is 18.2 Å². The number of carbonyl (C=O) groups excluding carboxylic acids is 1. The van der Waals surface area contributed by atoms with Gasteiger partial charge in [-0.1, -0.05) is 0 Å². The Balaban J connectivity index is 2.39. The summed E-state index contributed by atoms with van der Waals surface area (Å²) >= 11 is 0. The molecule has 0 unspecified atom stereocenters. The van der Waals surface area contributed by atoms with E-state index < -0.39 is 0 Å². The van der Waals surface area contributed by atoms with Crippen LogP contribution in [0.4, 0.5) is 0 Å². The van der Waals surface area contributed by atoms with Gasteiger partial charge in [-0.3, -0.25) is 15.1 Å². The summed E-state index contributed by atoms with van der Waals surface area (Å²) in [5.74, 6) is 0.591. The first kappa shape index (κ1) is 19.6. The number of fused-ring (bicyclic) bond motifs is 1. The predicted octanol–water partition coefficient (Wildman–Crippen LogP) is 1.86. The number of aromatic nitrogens is 1. The molecular formula is C18H27N5O3. The van der Waals surface area contributed by atoms with Crippen molar-refractivity contribution in [3.8, 4) is 11.5 Å². The van der Waals surface area contributed by atoms with Crippen molar-refractivity contribution in [1.82, 2.24) is 14.8 Å². The number of amides is 1. The van der Waals surface area contributed by atoms with Gasteiger partial charge in [0.25, 0.3) is 5.91 Å². The second-order valence-corrected chi connectivity index (χ2v) is 6.63. The molecule has 142 valence electrons. The number of ether oxygens (including phenoxy) is 2. The zero-order valence-electron chi connectivity index (χ0n) is 15.9. The van der Waals surface area contributed by atoms with Crippen molar-refractivity contribution < 1.29 is 14.3 Å². The molecule has 2 rings (SSSR count). The summed E-state index contributed by atoms with van der Waals surface area (Å²) < 4.78 is 11.7. The first-order valence-electron chi connectivity index (χ1n) is 8.42. The van der Waals surface area contributed by atoms with Gasteiger partial charge < -0.3 is 25.1 Å². The molecule has 0 aliphatic carbocycles. The Bertz CT molecular complexity index is 797. The van der Waals surface area contributed by atoms with Crippen LogP contribution < -0.4 is 15.2 Å². The second kappa shape index (κ2) is 8.09. The van der Waals surface area contributed by atoms with Crippen LogP contribution in [0.5, 0.6) is 11.5 Å². The van der Waals surface area contributed by atoms with Crippen molar-refractivity contribution in [2.75, 3.05) is 34.3 Å². The van der Waals surface area contributed by atoms with Gasteiger partial charge in [-0.15, -0.1) is 0 Å². The van der Waals surface area contributed by atoms with Crippen molar-refractivity contribution in [2.24, 2.45) is 5.73 Å². The van der Waals surface area contributed by atoms with Crippen LogP contribution in [0, 0.1) is 5.41 Å². The molecule has 26 heavy (non-hydrogen) atoms. The van der Waals surface area contributed by atoms with Crippen LogP contribution in [-0.4, -0.2) is 67.0 Å². The number of hydrogen-bond donors (Lipinski definition) is 3. The number of nitrogens with zero attached hydrogens (tertiary/aromatic N) is 2. The van der Waals surface area contributed by atoms with E-state index in [-0.39, 0.29) is 18.0 Å². The number of carbonyl (C=O) groups is 1. The number of benzene rings is 1. The van der Waals surface area contributed by atoms with E-state index in [1.807, 2.05) is 45.0 Å². The molecule has 8 heteroatoms. The van der Waals surface area contributed by atoms with E-state index in [1.165, 1.54) is 7.05 Å². The van der Waals surface area contributed by atoms with Crippen molar-refractivity contribution in [1.29, 1.82) is 5.41 Å². The minimum absolute atomic E-state index is 0.0239. The summed E-state index contributed by atoms with van der Waals surface area (Å²) in [6.45, 7) is 5.21. The van der Waals surface area contributed by atoms with Gasteiger partial charge in [0.15, 0.2) is 5.96 Å². The highest BCUT2D eigenvalue weighted by molar-refractivity contribution is 6.06. The molecule has 4 N–H and O–H groups in total. The molecule has 0 fully saturated rings. The fourth-order valence-electron chi connectivity index (χ4n) is 2.37. The molecule has 0 spiro atoms. The molecular weight excluding hydrogens is 334 g/mol. The monoisotopic (exact) mass is 361 g/mol. The van der Waals surface area contributed by atoms with Crippen LogP contribution in [-0.2, 0) is 0 Å². The third kappa shape index (κ3) is 4.66. The lowest BCUT2D eigenvalue weighted by Gasteiger charge is -2.14. The Morgan fingerprint density at radius 2 is 1.96 bits per heavy atom. The summed E-state index contributed by atoms with van der Waals surface area (Å²) in [5.41, 5.74) is 6.45. The predicted molar refractivity (Wildman–Crippen MR) is 102 cm³/mol. The highest BCUT2D eigenvalue weighted by atomic mass is 16.5. The summed E-state index contributed by atoms with van der Waals surface area (Å²) in [6, 6.07) is 5.37. The first-order chi connectivity index (χ1) is 12.2. The van der Waals surface area contributed by atoms with Gasteiger partial charge in [-0.25, -0.2) is 0 Å². The Kier molecular flexibility index (Phi) is 6.10. The second-order valence-electron chi connectivity index (χ2n) is 6.63. The van der Waals surface area contributed by atoms with Crippen LogP contribution in [0.2, 0.25) is 0 Å². The summed E-state index contributed by atoms with van der Waals surface area (Å²) in [7, 11) is 5.42. The minimum Gasteiger partial charge on any atom is -0.492 e. The topological polar surface area (TPSA) is 108 Å². The molecule has 0 aliphatic rings. The van der Waals surface area contributed by atoms with E-state index in [0.29, 0.717) is 23.8 Å². The fourth-order valence-corrected chi connectivity index (χ4v) is 2.37. The number of rotatable bonds is 7. The maximum Gasteiger partial charge on any atom is 0.276 e. The standard InChI is InChI=1S/C18H27N5O3/c1-11(2)26-16-9-12(25-7-6-22(3)4)8-14-13(16)10-15(21-14)17(24)23(5)18(19)20/h8-11,21H,6-7H2,1-5H3,(H3,19,20). The van der Waals surface area contributed by atoms with Crippen molar-refractivity contribution in [3.05, 3.63) is 23.9 Å². The molecule has 8 nitrogen and oxygen atoms in total. The smallest absolute Gasteiger partial charge is 0.276 e.